The number of carbonyl (C=O) groups excluding carboxylic acids is 1. The fraction of sp³-hybridized carbons (Fsp3) is 0.800. The average molecular weight is 279 g/mol. The molecule has 0 aromatic rings. The number of ether oxygens (including phenoxy) is 1. The number of carbonyl (C=O) groups is 2. The fourth-order valence-corrected chi connectivity index (χ4v) is 3.15. The van der Waals surface area contributed by atoms with Crippen LogP contribution in [0, 0.1) is 5.92 Å². The first-order chi connectivity index (χ1) is 8.36. The fourth-order valence-electron chi connectivity index (χ4n) is 1.82. The maximum atomic E-state index is 11.8. The van der Waals surface area contributed by atoms with Gasteiger partial charge in [-0.15, -0.1) is 0 Å². The highest BCUT2D eigenvalue weighted by molar-refractivity contribution is 7.89. The zero-order valence-corrected chi connectivity index (χ0v) is 11.0. The van der Waals surface area contributed by atoms with Gasteiger partial charge in [0, 0.05) is 13.1 Å². The summed E-state index contributed by atoms with van der Waals surface area (Å²) in [5.74, 6) is -2.87. The SMILES string of the molecule is CCOC(=O)CS(=O)(=O)N1CCC(C(=O)O)CC1. The molecule has 0 aromatic carbocycles. The molecule has 0 bridgehead atoms. The second-order valence-corrected chi connectivity index (χ2v) is 6.04. The van der Waals surface area contributed by atoms with Gasteiger partial charge in [0.25, 0.3) is 0 Å². The molecule has 1 saturated heterocycles. The van der Waals surface area contributed by atoms with Crippen molar-refractivity contribution < 1.29 is 27.9 Å². The number of hydrogen-bond acceptors (Lipinski definition) is 5. The Morgan fingerprint density at radius 1 is 1.33 bits per heavy atom. The van der Waals surface area contributed by atoms with Crippen molar-refractivity contribution >= 4 is 22.0 Å². The van der Waals surface area contributed by atoms with E-state index in [9.17, 15) is 18.0 Å². The molecule has 8 heteroatoms. The van der Waals surface area contributed by atoms with Gasteiger partial charge < -0.3 is 9.84 Å². The molecule has 18 heavy (non-hydrogen) atoms. The van der Waals surface area contributed by atoms with Crippen LogP contribution >= 0.6 is 0 Å². The molecular formula is C10H17NO6S. The lowest BCUT2D eigenvalue weighted by atomic mass is 9.99. The Hall–Kier alpha value is -1.15. The monoisotopic (exact) mass is 279 g/mol. The number of piperidine rings is 1. The quantitative estimate of drug-likeness (QED) is 0.692. The van der Waals surface area contributed by atoms with Gasteiger partial charge >= 0.3 is 11.9 Å². The maximum absolute atomic E-state index is 11.8. The van der Waals surface area contributed by atoms with Crippen LogP contribution < -0.4 is 0 Å². The minimum absolute atomic E-state index is 0.134. The highest BCUT2D eigenvalue weighted by Crippen LogP contribution is 2.19. The molecular weight excluding hydrogens is 262 g/mol. The van der Waals surface area contributed by atoms with Crippen molar-refractivity contribution in [3.8, 4) is 0 Å². The first kappa shape index (κ1) is 14.9. The van der Waals surface area contributed by atoms with Gasteiger partial charge in [-0.3, -0.25) is 9.59 Å². The summed E-state index contributed by atoms with van der Waals surface area (Å²) in [5, 5.41) is 8.80. The minimum Gasteiger partial charge on any atom is -0.481 e. The van der Waals surface area contributed by atoms with Gasteiger partial charge in [-0.05, 0) is 19.8 Å². The highest BCUT2D eigenvalue weighted by atomic mass is 32.2. The first-order valence-corrected chi connectivity index (χ1v) is 7.34. The van der Waals surface area contributed by atoms with E-state index >= 15 is 0 Å². The lowest BCUT2D eigenvalue weighted by Gasteiger charge is -2.28. The summed E-state index contributed by atoms with van der Waals surface area (Å²) >= 11 is 0. The van der Waals surface area contributed by atoms with Crippen LogP contribution in [0.15, 0.2) is 0 Å². The molecule has 0 aliphatic carbocycles. The van der Waals surface area contributed by atoms with Crippen LogP contribution in [0.4, 0.5) is 0 Å². The summed E-state index contributed by atoms with van der Waals surface area (Å²) in [6.45, 7) is 2.01. The molecule has 104 valence electrons. The molecule has 0 aromatic heterocycles. The molecule has 0 spiro atoms. The van der Waals surface area contributed by atoms with E-state index in [1.807, 2.05) is 0 Å². The summed E-state index contributed by atoms with van der Waals surface area (Å²) < 4.78 is 29.4. The third-order valence-electron chi connectivity index (χ3n) is 2.80. The van der Waals surface area contributed by atoms with Crippen LogP contribution in [0.5, 0.6) is 0 Å². The van der Waals surface area contributed by atoms with Gasteiger partial charge in [0.05, 0.1) is 12.5 Å². The van der Waals surface area contributed by atoms with E-state index < -0.39 is 33.6 Å². The largest absolute Gasteiger partial charge is 0.481 e. The Morgan fingerprint density at radius 2 is 1.89 bits per heavy atom. The second kappa shape index (κ2) is 6.14. The Balaban J connectivity index is 2.55. The van der Waals surface area contributed by atoms with Crippen molar-refractivity contribution in [1.29, 1.82) is 0 Å². The minimum atomic E-state index is -3.69. The molecule has 0 atom stereocenters. The third kappa shape index (κ3) is 3.95. The average Bonchev–Trinajstić information content (AvgIpc) is 2.28. The summed E-state index contributed by atoms with van der Waals surface area (Å²) in [5.41, 5.74) is 0. The lowest BCUT2D eigenvalue weighted by Crippen LogP contribution is -2.42. The van der Waals surface area contributed by atoms with Gasteiger partial charge in [-0.2, -0.15) is 0 Å². The molecule has 0 saturated carbocycles. The second-order valence-electron chi connectivity index (χ2n) is 4.07. The normalized spacial score (nSPS) is 18.5. The number of nitrogens with zero attached hydrogens (tertiary/aromatic N) is 1. The Bertz CT molecular complexity index is 410. The van der Waals surface area contributed by atoms with Crippen molar-refractivity contribution in [2.24, 2.45) is 5.92 Å². The number of sulfonamides is 1. The molecule has 1 heterocycles. The van der Waals surface area contributed by atoms with Crippen molar-refractivity contribution in [2.75, 3.05) is 25.4 Å². The summed E-state index contributed by atoms with van der Waals surface area (Å²) in [6, 6.07) is 0. The van der Waals surface area contributed by atoms with E-state index in [0.29, 0.717) is 0 Å². The molecule has 1 aliphatic heterocycles. The number of hydrogen-bond donors (Lipinski definition) is 1. The number of carboxylic acids is 1. The summed E-state index contributed by atoms with van der Waals surface area (Å²) in [7, 11) is -3.69. The van der Waals surface area contributed by atoms with Crippen molar-refractivity contribution in [2.45, 2.75) is 19.8 Å². The van der Waals surface area contributed by atoms with Gasteiger partial charge in [-0.25, -0.2) is 12.7 Å². The van der Waals surface area contributed by atoms with Crippen LogP contribution in [0.3, 0.4) is 0 Å². The summed E-state index contributed by atoms with van der Waals surface area (Å²) in [4.78, 5) is 21.9. The van der Waals surface area contributed by atoms with E-state index in [1.54, 1.807) is 6.92 Å². The summed E-state index contributed by atoms with van der Waals surface area (Å²) in [6.07, 6.45) is 0.550. The van der Waals surface area contributed by atoms with Crippen LogP contribution in [0.2, 0.25) is 0 Å². The zero-order valence-electron chi connectivity index (χ0n) is 10.2. The van der Waals surface area contributed by atoms with E-state index in [0.717, 1.165) is 4.31 Å². The maximum Gasteiger partial charge on any atom is 0.322 e. The lowest BCUT2D eigenvalue weighted by molar-refractivity contribution is -0.143. The number of rotatable bonds is 5. The zero-order chi connectivity index (χ0) is 13.8. The molecule has 0 amide bonds. The van der Waals surface area contributed by atoms with Crippen LogP contribution in [-0.4, -0.2) is 55.2 Å². The highest BCUT2D eigenvalue weighted by Gasteiger charge is 2.32. The Kier molecular flexibility index (Phi) is 5.09. The number of esters is 1. The van der Waals surface area contributed by atoms with Crippen LogP contribution in [-0.2, 0) is 24.3 Å². The van der Waals surface area contributed by atoms with Gasteiger partial charge in [0.1, 0.15) is 0 Å². The molecule has 1 fully saturated rings. The smallest absolute Gasteiger partial charge is 0.322 e. The molecule has 1 rings (SSSR count). The molecule has 1 N–H and O–H groups in total. The Morgan fingerprint density at radius 3 is 2.33 bits per heavy atom. The van der Waals surface area contributed by atoms with Gasteiger partial charge in [-0.1, -0.05) is 0 Å². The van der Waals surface area contributed by atoms with E-state index in [1.165, 1.54) is 0 Å². The molecule has 7 nitrogen and oxygen atoms in total. The van der Waals surface area contributed by atoms with Crippen molar-refractivity contribution in [3.63, 3.8) is 0 Å². The van der Waals surface area contributed by atoms with Gasteiger partial charge in [0.15, 0.2) is 5.75 Å². The molecule has 1 aliphatic rings. The van der Waals surface area contributed by atoms with Gasteiger partial charge in [0.2, 0.25) is 10.0 Å². The predicted octanol–water partition coefficient (Wildman–Crippen LogP) is -0.324. The number of aliphatic carboxylic acids is 1. The third-order valence-corrected chi connectivity index (χ3v) is 4.55. The number of carboxylic acid groups (broad SMARTS) is 1. The predicted molar refractivity (Wildman–Crippen MR) is 62.4 cm³/mol. The van der Waals surface area contributed by atoms with Crippen molar-refractivity contribution in [3.05, 3.63) is 0 Å². The van der Waals surface area contributed by atoms with Crippen molar-refractivity contribution in [1.82, 2.24) is 4.31 Å². The first-order valence-electron chi connectivity index (χ1n) is 5.73. The molecule has 0 radical (unpaired) electrons. The van der Waals surface area contributed by atoms with Crippen LogP contribution in [0.25, 0.3) is 0 Å². The molecule has 0 unspecified atom stereocenters. The standard InChI is InChI=1S/C10H17NO6S/c1-2-17-9(12)7-18(15,16)11-5-3-8(4-6-11)10(13)14/h8H,2-7H2,1H3,(H,13,14). The van der Waals surface area contributed by atoms with E-state index in [-0.39, 0.29) is 32.5 Å². The van der Waals surface area contributed by atoms with Crippen LogP contribution in [0.1, 0.15) is 19.8 Å². The van der Waals surface area contributed by atoms with E-state index in [2.05, 4.69) is 4.74 Å². The Labute approximate surface area is 106 Å². The topological polar surface area (TPSA) is 101 Å². The van der Waals surface area contributed by atoms with E-state index in [4.69, 9.17) is 5.11 Å².